The Kier molecular flexibility index (Phi) is 33.7. The second-order valence-corrected chi connectivity index (χ2v) is 10.5. The molecular weight excluding hydrogens is 696 g/mol. The summed E-state index contributed by atoms with van der Waals surface area (Å²) in [6.45, 7) is 1.02. The normalized spacial score (nSPS) is 10.4. The fourth-order valence-electron chi connectivity index (χ4n) is 3.00. The summed E-state index contributed by atoms with van der Waals surface area (Å²) in [6.07, 6.45) is 0. The monoisotopic (exact) mass is 740 g/mol. The van der Waals surface area contributed by atoms with Crippen molar-refractivity contribution in [2.75, 3.05) is 95.6 Å². The number of hydrogen-bond donors (Lipinski definition) is 2. The Morgan fingerprint density at radius 2 is 1.08 bits per heavy atom. The average Bonchev–Trinajstić information content (AvgIpc) is 2.75. The zero-order valence-electron chi connectivity index (χ0n) is 21.2. The molecule has 0 saturated heterocycles. The third kappa shape index (κ3) is 30.2. The summed E-state index contributed by atoms with van der Waals surface area (Å²) < 4.78 is 0. The number of rotatable bonds is 24. The van der Waals surface area contributed by atoms with Crippen molar-refractivity contribution < 1.29 is 79.2 Å². The Labute approximate surface area is 273 Å². The maximum atomic E-state index is 12.2. The smallest absolute Gasteiger partial charge is 0.549 e. The summed E-state index contributed by atoms with van der Waals surface area (Å²) in [7, 11) is 1.89. The molecule has 0 atom stereocenters. The Morgan fingerprint density at radius 3 is 1.51 bits per heavy atom. The van der Waals surface area contributed by atoms with Crippen molar-refractivity contribution in [1.82, 2.24) is 25.3 Å². The largest absolute Gasteiger partial charge is 3.00 e. The molecular formula is C23H44GdN5O8S2. The number of carbonyl (C=O) groups is 5. The molecule has 13 nitrogen and oxygen atoms in total. The number of aliphatic carboxylic acids is 3. The van der Waals surface area contributed by atoms with Crippen molar-refractivity contribution in [3.05, 3.63) is 0 Å². The number of hydrogen-bond acceptors (Lipinski definition) is 14. The molecule has 0 fully saturated rings. The van der Waals surface area contributed by atoms with Gasteiger partial charge in [0.1, 0.15) is 5.78 Å². The Hall–Kier alpha value is -0.585. The van der Waals surface area contributed by atoms with E-state index in [0.717, 1.165) is 17.4 Å². The molecule has 0 aromatic heterocycles. The topological polar surface area (TPSA) is 188 Å². The summed E-state index contributed by atoms with van der Waals surface area (Å²) in [5.74, 6) is -3.06. The van der Waals surface area contributed by atoms with Crippen LogP contribution in [-0.2, 0) is 24.0 Å². The number of amides is 1. The van der Waals surface area contributed by atoms with Crippen LogP contribution in [0.1, 0.15) is 21.8 Å². The van der Waals surface area contributed by atoms with Crippen molar-refractivity contribution in [3.8, 4) is 0 Å². The number of nitrogens with one attached hydrogen (secondary N) is 2. The summed E-state index contributed by atoms with van der Waals surface area (Å²) in [4.78, 5) is 60.8. The predicted octanol–water partition coefficient (Wildman–Crippen LogP) is -4.24. The second-order valence-electron chi connectivity index (χ2n) is 7.90. The SMILES string of the molecule is C.C.CNCCSCSCCNC(=O)CN(CCN(CCN(CC(C)=O)CC(=O)[O-])CC(=O)[O-])CC(=O)[O-].[Gd+3]. The van der Waals surface area contributed by atoms with E-state index in [-0.39, 0.29) is 106 Å². The molecule has 0 aliphatic heterocycles. The zero-order chi connectivity index (χ0) is 27.3. The second kappa shape index (κ2) is 28.9. The van der Waals surface area contributed by atoms with Gasteiger partial charge >= 0.3 is 39.9 Å². The molecule has 0 aliphatic rings. The van der Waals surface area contributed by atoms with E-state index in [4.69, 9.17) is 0 Å². The fraction of sp³-hybridized carbons (Fsp3) is 0.783. The van der Waals surface area contributed by atoms with Crippen LogP contribution < -0.4 is 26.0 Å². The van der Waals surface area contributed by atoms with E-state index in [9.17, 15) is 39.3 Å². The van der Waals surface area contributed by atoms with E-state index in [1.807, 2.05) is 7.05 Å². The van der Waals surface area contributed by atoms with Crippen LogP contribution in [0.15, 0.2) is 0 Å². The fourth-order valence-corrected chi connectivity index (χ4v) is 5.01. The Balaban J connectivity index is -0.00000204. The quantitative estimate of drug-likeness (QED) is 0.0716. The number of ketones is 1. The van der Waals surface area contributed by atoms with Crippen molar-refractivity contribution in [1.29, 1.82) is 0 Å². The van der Waals surface area contributed by atoms with Gasteiger partial charge in [-0.1, -0.05) is 14.9 Å². The van der Waals surface area contributed by atoms with Crippen LogP contribution in [0.3, 0.4) is 0 Å². The molecule has 2 N–H and O–H groups in total. The van der Waals surface area contributed by atoms with Gasteiger partial charge in [0.15, 0.2) is 0 Å². The zero-order valence-corrected chi connectivity index (χ0v) is 25.1. The first-order valence-electron chi connectivity index (χ1n) is 11.4. The summed E-state index contributed by atoms with van der Waals surface area (Å²) in [5, 5.41) is 39.9. The minimum atomic E-state index is -1.38. The van der Waals surface area contributed by atoms with Gasteiger partial charge in [0.2, 0.25) is 5.91 Å². The van der Waals surface area contributed by atoms with E-state index in [2.05, 4.69) is 10.6 Å². The minimum absolute atomic E-state index is 0. The molecule has 1 radical (unpaired) electrons. The molecule has 0 saturated carbocycles. The molecule has 39 heavy (non-hydrogen) atoms. The van der Waals surface area contributed by atoms with Gasteiger partial charge in [-0.2, -0.15) is 0 Å². The molecule has 0 unspecified atom stereocenters. The maximum Gasteiger partial charge on any atom is 3.00 e. The molecule has 0 aromatic carbocycles. The van der Waals surface area contributed by atoms with Crippen LogP contribution in [0.4, 0.5) is 0 Å². The van der Waals surface area contributed by atoms with Crippen LogP contribution in [-0.4, -0.2) is 140 Å². The first-order valence-corrected chi connectivity index (χ1v) is 13.7. The van der Waals surface area contributed by atoms with Crippen molar-refractivity contribution in [2.45, 2.75) is 21.8 Å². The third-order valence-corrected chi connectivity index (χ3v) is 6.89. The number of carboxylic acids is 3. The maximum absolute atomic E-state index is 12.2. The molecule has 0 heterocycles. The minimum Gasteiger partial charge on any atom is -0.549 e. The van der Waals surface area contributed by atoms with Crippen molar-refractivity contribution >= 4 is 53.1 Å². The molecule has 16 heteroatoms. The van der Waals surface area contributed by atoms with Crippen LogP contribution in [0.5, 0.6) is 0 Å². The van der Waals surface area contributed by atoms with Gasteiger partial charge in [0.25, 0.3) is 0 Å². The van der Waals surface area contributed by atoms with E-state index in [0.29, 0.717) is 12.3 Å². The van der Waals surface area contributed by atoms with Crippen LogP contribution in [0.2, 0.25) is 0 Å². The van der Waals surface area contributed by atoms with Gasteiger partial charge in [-0.05, 0) is 14.0 Å². The van der Waals surface area contributed by atoms with E-state index in [1.54, 1.807) is 23.5 Å². The molecule has 0 spiro atoms. The van der Waals surface area contributed by atoms with E-state index < -0.39 is 37.5 Å². The number of nitrogens with zero attached hydrogens (tertiary/aromatic N) is 3. The van der Waals surface area contributed by atoms with Crippen LogP contribution in [0, 0.1) is 39.9 Å². The predicted molar refractivity (Wildman–Crippen MR) is 145 cm³/mol. The van der Waals surface area contributed by atoms with Crippen LogP contribution >= 0.6 is 23.5 Å². The molecule has 0 aromatic rings. The van der Waals surface area contributed by atoms with Gasteiger partial charge in [0, 0.05) is 75.5 Å². The first kappa shape index (κ1) is 45.4. The third-order valence-electron chi connectivity index (χ3n) is 4.57. The number of Topliss-reactive ketones (excluding diaryl/α,β-unsaturated/α-hetero) is 1. The summed E-state index contributed by atoms with van der Waals surface area (Å²) >= 11 is 3.46. The molecule has 229 valence electrons. The first-order chi connectivity index (χ1) is 17.0. The number of carbonyl (C=O) groups excluding carboxylic acids is 5. The van der Waals surface area contributed by atoms with Crippen LogP contribution in [0.25, 0.3) is 0 Å². The Morgan fingerprint density at radius 1 is 0.667 bits per heavy atom. The average molecular weight is 740 g/mol. The van der Waals surface area contributed by atoms with Crippen molar-refractivity contribution in [2.24, 2.45) is 0 Å². The van der Waals surface area contributed by atoms with Crippen molar-refractivity contribution in [3.63, 3.8) is 0 Å². The number of carboxylic acid groups (broad SMARTS) is 3. The molecule has 0 bridgehead atoms. The van der Waals surface area contributed by atoms with E-state index >= 15 is 0 Å². The van der Waals surface area contributed by atoms with Gasteiger partial charge in [-0.3, -0.25) is 24.3 Å². The standard InChI is InChI=1S/C21H39N5O8S2.2CH4.Gd/c1-17(27)11-25(14-20(31)32)7-5-24(13-19(29)30)6-8-26(15-21(33)34)12-18(28)23-4-10-36-16-35-9-3-22-2;;;/h22H,3-16H2,1-2H3,(H,23,28)(H,29,30)(H,31,32)(H,33,34);2*1H4;/q;;;+3/p-3. The van der Waals surface area contributed by atoms with E-state index in [1.165, 1.54) is 21.6 Å². The van der Waals surface area contributed by atoms with Gasteiger partial charge < -0.3 is 40.3 Å². The van der Waals surface area contributed by atoms with Gasteiger partial charge in [-0.15, -0.1) is 23.5 Å². The van der Waals surface area contributed by atoms with Gasteiger partial charge in [-0.25, -0.2) is 0 Å². The molecule has 0 aliphatic carbocycles. The summed E-state index contributed by atoms with van der Waals surface area (Å²) in [5.41, 5.74) is 0. The number of thioether (sulfide) groups is 2. The molecule has 1 amide bonds. The van der Waals surface area contributed by atoms with Gasteiger partial charge in [0.05, 0.1) is 31.0 Å². The summed E-state index contributed by atoms with van der Waals surface area (Å²) in [6, 6.07) is 0. The molecule has 0 rings (SSSR count). The Bertz CT molecular complexity index is 693.